The van der Waals surface area contributed by atoms with Crippen molar-refractivity contribution in [1.29, 1.82) is 0 Å². The number of halogens is 2. The van der Waals surface area contributed by atoms with E-state index in [-0.39, 0.29) is 33.5 Å². The Morgan fingerprint density at radius 1 is 1.03 bits per heavy atom. The lowest BCUT2D eigenvalue weighted by Gasteiger charge is -2.12. The third-order valence-electron chi connectivity index (χ3n) is 4.20. The second-order valence-corrected chi connectivity index (χ2v) is 6.90. The number of amides is 1. The maximum atomic E-state index is 12.9. The normalized spacial score (nSPS) is 10.3. The van der Waals surface area contributed by atoms with Gasteiger partial charge in [0.05, 0.1) is 17.6 Å². The molecule has 11 heteroatoms. The molecular weight excluding hydrogens is 459 g/mol. The van der Waals surface area contributed by atoms with E-state index in [0.717, 1.165) is 6.07 Å². The third-order valence-corrected chi connectivity index (χ3v) is 4.43. The molecule has 0 atom stereocenters. The van der Waals surface area contributed by atoms with E-state index in [0.29, 0.717) is 5.69 Å². The summed E-state index contributed by atoms with van der Waals surface area (Å²) in [5.74, 6) is -1.75. The number of nitrogens with one attached hydrogen (secondary N) is 1. The van der Waals surface area contributed by atoms with Crippen molar-refractivity contribution in [1.82, 2.24) is 0 Å². The van der Waals surface area contributed by atoms with Crippen LogP contribution >= 0.6 is 11.6 Å². The van der Waals surface area contributed by atoms with Gasteiger partial charge in [-0.2, -0.15) is 0 Å². The summed E-state index contributed by atoms with van der Waals surface area (Å²) in [7, 11) is 1.32. The van der Waals surface area contributed by atoms with Crippen LogP contribution in [0, 0.1) is 15.9 Å². The van der Waals surface area contributed by atoms with Crippen LogP contribution in [-0.2, 0) is 9.53 Å². The van der Waals surface area contributed by atoms with Gasteiger partial charge in [-0.15, -0.1) is 0 Å². The Morgan fingerprint density at radius 2 is 1.73 bits per heavy atom. The Balaban J connectivity index is 1.67. The number of nitrogens with zero attached hydrogens (tertiary/aromatic N) is 1. The lowest BCUT2D eigenvalue weighted by molar-refractivity contribution is -0.385. The van der Waals surface area contributed by atoms with E-state index in [1.807, 2.05) is 0 Å². The third kappa shape index (κ3) is 6.17. The van der Waals surface area contributed by atoms with Crippen LogP contribution in [0.2, 0.25) is 5.02 Å². The van der Waals surface area contributed by atoms with Crippen molar-refractivity contribution in [3.8, 4) is 17.2 Å². The van der Waals surface area contributed by atoms with Gasteiger partial charge in [0.15, 0.2) is 18.1 Å². The molecule has 170 valence electrons. The number of benzene rings is 3. The number of methoxy groups -OCH3 is 1. The van der Waals surface area contributed by atoms with Gasteiger partial charge in [-0.1, -0.05) is 11.6 Å². The largest absolute Gasteiger partial charge is 0.493 e. The van der Waals surface area contributed by atoms with Gasteiger partial charge in [-0.25, -0.2) is 9.18 Å². The molecule has 0 radical (unpaired) electrons. The minimum atomic E-state index is -0.813. The van der Waals surface area contributed by atoms with Gasteiger partial charge in [0.2, 0.25) is 5.75 Å². The maximum absolute atomic E-state index is 12.9. The van der Waals surface area contributed by atoms with Gasteiger partial charge in [-0.05, 0) is 54.6 Å². The predicted molar refractivity (Wildman–Crippen MR) is 116 cm³/mol. The molecule has 3 rings (SSSR count). The first-order valence-corrected chi connectivity index (χ1v) is 9.67. The molecule has 0 aromatic heterocycles. The molecule has 0 aliphatic carbocycles. The highest BCUT2D eigenvalue weighted by molar-refractivity contribution is 6.30. The molecule has 0 saturated heterocycles. The Hall–Kier alpha value is -4.18. The number of carbonyl (C=O) groups excluding carboxylic acids is 2. The summed E-state index contributed by atoms with van der Waals surface area (Å²) >= 11 is 5.80. The summed E-state index contributed by atoms with van der Waals surface area (Å²) < 4.78 is 28.7. The average molecular weight is 475 g/mol. The van der Waals surface area contributed by atoms with E-state index in [1.165, 1.54) is 61.7 Å². The molecule has 0 fully saturated rings. The zero-order chi connectivity index (χ0) is 24.0. The lowest BCUT2D eigenvalue weighted by Crippen LogP contribution is -2.20. The first-order chi connectivity index (χ1) is 15.8. The minimum absolute atomic E-state index is 0.0550. The Labute approximate surface area is 191 Å². The fraction of sp³-hybridized carbons (Fsp3) is 0.0909. The molecule has 0 aliphatic rings. The van der Waals surface area contributed by atoms with Crippen LogP contribution < -0.4 is 14.8 Å². The quantitative estimate of drug-likeness (QED) is 0.278. The molecule has 0 spiro atoms. The van der Waals surface area contributed by atoms with E-state index in [2.05, 4.69) is 5.32 Å². The maximum Gasteiger partial charge on any atom is 0.338 e. The zero-order valence-corrected chi connectivity index (χ0v) is 17.8. The van der Waals surface area contributed by atoms with Crippen LogP contribution in [0.1, 0.15) is 10.4 Å². The number of hydrogen-bond donors (Lipinski definition) is 1. The summed E-state index contributed by atoms with van der Waals surface area (Å²) in [6.45, 7) is -0.576. The summed E-state index contributed by atoms with van der Waals surface area (Å²) in [4.78, 5) is 34.8. The second-order valence-electron chi connectivity index (χ2n) is 6.47. The number of ether oxygens (including phenoxy) is 3. The highest BCUT2D eigenvalue weighted by Crippen LogP contribution is 2.38. The Kier molecular flexibility index (Phi) is 7.42. The molecule has 3 aromatic rings. The van der Waals surface area contributed by atoms with Crippen LogP contribution in [0.5, 0.6) is 17.2 Å². The van der Waals surface area contributed by atoms with Gasteiger partial charge in [0.25, 0.3) is 5.91 Å². The molecule has 1 N–H and O–H groups in total. The first-order valence-electron chi connectivity index (χ1n) is 9.29. The minimum Gasteiger partial charge on any atom is -0.493 e. The van der Waals surface area contributed by atoms with Crippen LogP contribution in [-0.4, -0.2) is 30.5 Å². The number of anilines is 1. The number of nitro benzene ring substituents is 1. The molecule has 0 saturated carbocycles. The average Bonchev–Trinajstić information content (AvgIpc) is 2.80. The first kappa shape index (κ1) is 23.5. The molecule has 9 nitrogen and oxygen atoms in total. The van der Waals surface area contributed by atoms with Crippen LogP contribution in [0.4, 0.5) is 15.8 Å². The second kappa shape index (κ2) is 10.4. The number of nitro groups is 1. The molecule has 0 aliphatic heterocycles. The monoisotopic (exact) mass is 474 g/mol. The smallest absolute Gasteiger partial charge is 0.338 e. The molecule has 0 heterocycles. The summed E-state index contributed by atoms with van der Waals surface area (Å²) in [5.41, 5.74) is 0.0523. The van der Waals surface area contributed by atoms with Crippen LogP contribution in [0.3, 0.4) is 0 Å². The lowest BCUT2D eigenvalue weighted by atomic mass is 10.2. The van der Waals surface area contributed by atoms with Gasteiger partial charge in [0, 0.05) is 16.8 Å². The molecule has 0 unspecified atom stereocenters. The van der Waals surface area contributed by atoms with E-state index in [4.69, 9.17) is 25.8 Å². The fourth-order valence-electron chi connectivity index (χ4n) is 2.66. The van der Waals surface area contributed by atoms with Crippen molar-refractivity contribution in [2.75, 3.05) is 19.0 Å². The molecule has 3 aromatic carbocycles. The van der Waals surface area contributed by atoms with Crippen molar-refractivity contribution in [2.45, 2.75) is 0 Å². The van der Waals surface area contributed by atoms with Gasteiger partial charge >= 0.3 is 11.7 Å². The van der Waals surface area contributed by atoms with E-state index in [9.17, 15) is 24.1 Å². The number of carbonyl (C=O) groups is 2. The summed E-state index contributed by atoms with van der Waals surface area (Å²) in [5, 5.41) is 13.9. The Morgan fingerprint density at radius 3 is 2.39 bits per heavy atom. The molecule has 1 amide bonds. The molecule has 33 heavy (non-hydrogen) atoms. The van der Waals surface area contributed by atoms with E-state index < -0.39 is 29.2 Å². The zero-order valence-electron chi connectivity index (χ0n) is 17.0. The van der Waals surface area contributed by atoms with Gasteiger partial charge in [0.1, 0.15) is 5.82 Å². The van der Waals surface area contributed by atoms with Crippen LogP contribution in [0.25, 0.3) is 0 Å². The van der Waals surface area contributed by atoms with E-state index in [1.54, 1.807) is 0 Å². The topological polar surface area (TPSA) is 117 Å². The highest BCUT2D eigenvalue weighted by Gasteiger charge is 2.19. The molecular formula is C22H16ClFN2O7. The fourth-order valence-corrected chi connectivity index (χ4v) is 2.83. The van der Waals surface area contributed by atoms with E-state index >= 15 is 0 Å². The van der Waals surface area contributed by atoms with Crippen molar-refractivity contribution < 1.29 is 33.1 Å². The van der Waals surface area contributed by atoms with Crippen molar-refractivity contribution in [3.63, 3.8) is 0 Å². The van der Waals surface area contributed by atoms with Crippen molar-refractivity contribution in [3.05, 3.63) is 87.2 Å². The predicted octanol–water partition coefficient (Wildman–Crippen LogP) is 4.98. The number of esters is 1. The van der Waals surface area contributed by atoms with Gasteiger partial charge < -0.3 is 19.5 Å². The number of hydrogen-bond acceptors (Lipinski definition) is 7. The Bertz CT molecular complexity index is 1200. The number of rotatable bonds is 8. The standard InChI is InChI=1S/C22H16ClFN2O7/c1-31-20-10-13(22(28)32-12-21(27)25-16-6-4-15(24)5-7-16)2-8-19(20)33-18-9-3-14(23)11-17(18)26(29)30/h2-11H,12H2,1H3,(H,25,27). The summed E-state index contributed by atoms with van der Waals surface area (Å²) in [6, 6.07) is 13.0. The van der Waals surface area contributed by atoms with Crippen molar-refractivity contribution >= 4 is 34.9 Å². The summed E-state index contributed by atoms with van der Waals surface area (Å²) in [6.07, 6.45) is 0. The van der Waals surface area contributed by atoms with Gasteiger partial charge in [-0.3, -0.25) is 14.9 Å². The SMILES string of the molecule is COc1cc(C(=O)OCC(=O)Nc2ccc(F)cc2)ccc1Oc1ccc(Cl)cc1[N+](=O)[O-]. The van der Waals surface area contributed by atoms with Crippen molar-refractivity contribution in [2.24, 2.45) is 0 Å². The van der Waals surface area contributed by atoms with Crippen LogP contribution in [0.15, 0.2) is 60.7 Å². The molecule has 0 bridgehead atoms. The highest BCUT2D eigenvalue weighted by atomic mass is 35.5.